The van der Waals surface area contributed by atoms with Crippen LogP contribution in [-0.2, 0) is 13.5 Å². The number of rotatable bonds is 5. The predicted octanol–water partition coefficient (Wildman–Crippen LogP) is 3.10. The van der Waals surface area contributed by atoms with E-state index in [1.165, 1.54) is 17.7 Å². The summed E-state index contributed by atoms with van der Waals surface area (Å²) in [6, 6.07) is 0. The van der Waals surface area contributed by atoms with E-state index in [0.717, 1.165) is 12.1 Å². The summed E-state index contributed by atoms with van der Waals surface area (Å²) in [5.41, 5.74) is 2.43. The van der Waals surface area contributed by atoms with Crippen LogP contribution in [0.5, 0.6) is 0 Å². The lowest BCUT2D eigenvalue weighted by atomic mass is 10.2. The van der Waals surface area contributed by atoms with Gasteiger partial charge >= 0.3 is 0 Å². The van der Waals surface area contributed by atoms with Crippen molar-refractivity contribution >= 4 is 17.8 Å². The lowest BCUT2D eigenvalue weighted by Crippen LogP contribution is -1.86. The number of hydrogen-bond acceptors (Lipinski definition) is 2. The molecule has 0 radical (unpaired) electrons. The topological polar surface area (TPSA) is 17.8 Å². The lowest BCUT2D eigenvalue weighted by molar-refractivity contribution is 0.764. The van der Waals surface area contributed by atoms with E-state index in [1.54, 1.807) is 0 Å². The minimum absolute atomic E-state index is 1.05. The highest BCUT2D eigenvalue weighted by Gasteiger charge is 2.00. The second kappa shape index (κ2) is 5.91. The van der Waals surface area contributed by atoms with E-state index in [-0.39, 0.29) is 0 Å². The van der Waals surface area contributed by atoms with Crippen molar-refractivity contribution in [2.75, 3.05) is 5.75 Å². The van der Waals surface area contributed by atoms with E-state index >= 15 is 0 Å². The van der Waals surface area contributed by atoms with Crippen LogP contribution in [0.1, 0.15) is 31.5 Å². The third kappa shape index (κ3) is 3.22. The van der Waals surface area contributed by atoms with Gasteiger partial charge in [0, 0.05) is 13.2 Å². The van der Waals surface area contributed by atoms with E-state index < -0.39 is 0 Å². The van der Waals surface area contributed by atoms with Crippen LogP contribution in [0.15, 0.2) is 11.6 Å². The second-order valence-electron chi connectivity index (χ2n) is 3.24. The Balaban J connectivity index is 2.60. The fraction of sp³-hybridized carbons (Fsp3) is 0.545. The molecule has 0 spiro atoms. The van der Waals surface area contributed by atoms with Crippen LogP contribution >= 0.6 is 11.8 Å². The molecule has 2 nitrogen and oxygen atoms in total. The van der Waals surface area contributed by atoms with Gasteiger partial charge in [-0.05, 0) is 35.6 Å². The normalized spacial score (nSPS) is 11.4. The Hall–Kier alpha value is -0.700. The van der Waals surface area contributed by atoms with Gasteiger partial charge in [-0.25, -0.2) is 0 Å². The molecule has 1 aromatic rings. The highest BCUT2D eigenvalue weighted by Crippen LogP contribution is 2.12. The van der Waals surface area contributed by atoms with E-state index in [9.17, 15) is 0 Å². The molecule has 0 unspecified atom stereocenters. The van der Waals surface area contributed by atoms with Crippen LogP contribution in [-0.4, -0.2) is 15.5 Å². The maximum atomic E-state index is 4.40. The molecule has 0 aliphatic rings. The zero-order valence-electron chi connectivity index (χ0n) is 9.16. The quantitative estimate of drug-likeness (QED) is 0.695. The van der Waals surface area contributed by atoms with Crippen molar-refractivity contribution in [3.05, 3.63) is 22.9 Å². The Morgan fingerprint density at radius 3 is 2.93 bits per heavy atom. The number of aryl methyl sites for hydroxylation is 2. The van der Waals surface area contributed by atoms with Crippen LogP contribution in [0.25, 0.3) is 6.08 Å². The average molecular weight is 210 g/mol. The Bertz CT molecular complexity index is 302. The van der Waals surface area contributed by atoms with Gasteiger partial charge in [0.15, 0.2) is 0 Å². The summed E-state index contributed by atoms with van der Waals surface area (Å²) >= 11 is 1.85. The van der Waals surface area contributed by atoms with Crippen molar-refractivity contribution in [3.63, 3.8) is 0 Å². The SMILES string of the molecule is CCCSC=Cc1nn(C)cc1CC. The molecule has 1 heterocycles. The summed E-state index contributed by atoms with van der Waals surface area (Å²) in [5, 5.41) is 6.54. The highest BCUT2D eigenvalue weighted by atomic mass is 32.2. The predicted molar refractivity (Wildman–Crippen MR) is 64.4 cm³/mol. The van der Waals surface area contributed by atoms with Gasteiger partial charge in [-0.15, -0.1) is 11.8 Å². The fourth-order valence-corrected chi connectivity index (χ4v) is 1.86. The maximum absolute atomic E-state index is 4.40. The van der Waals surface area contributed by atoms with Gasteiger partial charge < -0.3 is 0 Å². The molecule has 1 aromatic heterocycles. The van der Waals surface area contributed by atoms with Gasteiger partial charge in [-0.1, -0.05) is 13.8 Å². The summed E-state index contributed by atoms with van der Waals surface area (Å²) in [6.07, 6.45) is 6.47. The van der Waals surface area contributed by atoms with Crippen LogP contribution in [0.3, 0.4) is 0 Å². The molecule has 0 atom stereocenters. The lowest BCUT2D eigenvalue weighted by Gasteiger charge is -1.91. The van der Waals surface area contributed by atoms with Crippen molar-refractivity contribution in [3.8, 4) is 0 Å². The molecular weight excluding hydrogens is 192 g/mol. The number of thioether (sulfide) groups is 1. The van der Waals surface area contributed by atoms with Crippen LogP contribution < -0.4 is 0 Å². The average Bonchev–Trinajstić information content (AvgIpc) is 2.54. The molecule has 0 saturated heterocycles. The smallest absolute Gasteiger partial charge is 0.0887 e. The fourth-order valence-electron chi connectivity index (χ4n) is 1.27. The van der Waals surface area contributed by atoms with Crippen LogP contribution in [0.4, 0.5) is 0 Å². The van der Waals surface area contributed by atoms with Gasteiger partial charge in [-0.2, -0.15) is 5.10 Å². The van der Waals surface area contributed by atoms with Gasteiger partial charge in [-0.3, -0.25) is 4.68 Å². The minimum Gasteiger partial charge on any atom is -0.275 e. The zero-order valence-corrected chi connectivity index (χ0v) is 9.97. The van der Waals surface area contributed by atoms with Crippen molar-refractivity contribution in [2.24, 2.45) is 7.05 Å². The van der Waals surface area contributed by atoms with E-state index in [0.29, 0.717) is 0 Å². The molecule has 0 fully saturated rings. The standard InChI is InChI=1S/C11H18N2S/c1-4-7-14-8-6-11-10(5-2)9-13(3)12-11/h6,8-9H,4-5,7H2,1-3H3. The summed E-state index contributed by atoms with van der Waals surface area (Å²) in [6.45, 7) is 4.35. The van der Waals surface area contributed by atoms with Crippen LogP contribution in [0.2, 0.25) is 0 Å². The molecule has 0 N–H and O–H groups in total. The van der Waals surface area contributed by atoms with Gasteiger partial charge in [0.05, 0.1) is 5.69 Å². The van der Waals surface area contributed by atoms with Crippen molar-refractivity contribution in [1.82, 2.24) is 9.78 Å². The van der Waals surface area contributed by atoms with Crippen molar-refractivity contribution in [2.45, 2.75) is 26.7 Å². The Labute approximate surface area is 90.4 Å². The summed E-state index contributed by atoms with van der Waals surface area (Å²) < 4.78 is 1.88. The van der Waals surface area contributed by atoms with E-state index in [2.05, 4.69) is 36.6 Å². The van der Waals surface area contributed by atoms with E-state index in [4.69, 9.17) is 0 Å². The maximum Gasteiger partial charge on any atom is 0.0887 e. The first-order valence-electron chi connectivity index (χ1n) is 5.08. The monoisotopic (exact) mass is 210 g/mol. The summed E-state index contributed by atoms with van der Waals surface area (Å²) in [5.74, 6) is 1.19. The Morgan fingerprint density at radius 1 is 1.50 bits per heavy atom. The second-order valence-corrected chi connectivity index (χ2v) is 4.25. The molecule has 0 saturated carbocycles. The third-order valence-corrected chi connectivity index (χ3v) is 2.93. The zero-order chi connectivity index (χ0) is 10.4. The first-order valence-corrected chi connectivity index (χ1v) is 6.13. The number of hydrogen-bond donors (Lipinski definition) is 0. The largest absolute Gasteiger partial charge is 0.275 e. The number of nitrogens with zero attached hydrogens (tertiary/aromatic N) is 2. The third-order valence-electron chi connectivity index (χ3n) is 1.96. The van der Waals surface area contributed by atoms with Gasteiger partial charge in [0.2, 0.25) is 0 Å². The first-order chi connectivity index (χ1) is 6.77. The van der Waals surface area contributed by atoms with Gasteiger partial charge in [0.1, 0.15) is 0 Å². The Kier molecular flexibility index (Phi) is 4.80. The molecular formula is C11H18N2S. The minimum atomic E-state index is 1.05. The molecule has 0 bridgehead atoms. The van der Waals surface area contributed by atoms with Crippen molar-refractivity contribution < 1.29 is 0 Å². The molecule has 14 heavy (non-hydrogen) atoms. The summed E-state index contributed by atoms with van der Waals surface area (Å²) in [4.78, 5) is 0. The van der Waals surface area contributed by atoms with E-state index in [1.807, 2.05) is 23.5 Å². The van der Waals surface area contributed by atoms with Crippen molar-refractivity contribution in [1.29, 1.82) is 0 Å². The molecule has 0 aliphatic heterocycles. The molecule has 1 rings (SSSR count). The molecule has 78 valence electrons. The van der Waals surface area contributed by atoms with Crippen LogP contribution in [0, 0.1) is 0 Å². The molecule has 0 amide bonds. The first kappa shape index (κ1) is 11.4. The molecule has 0 aliphatic carbocycles. The molecule has 3 heteroatoms. The summed E-state index contributed by atoms with van der Waals surface area (Å²) in [7, 11) is 1.97. The molecule has 0 aromatic carbocycles. The Morgan fingerprint density at radius 2 is 2.29 bits per heavy atom. The highest BCUT2D eigenvalue weighted by molar-refractivity contribution is 8.02. The number of aromatic nitrogens is 2. The van der Waals surface area contributed by atoms with Gasteiger partial charge in [0.25, 0.3) is 0 Å².